The predicted molar refractivity (Wildman–Crippen MR) is 122 cm³/mol. The fourth-order valence-corrected chi connectivity index (χ4v) is 4.67. The molecule has 3 rings (SSSR count). The van der Waals surface area contributed by atoms with Gasteiger partial charge in [0.1, 0.15) is 5.75 Å². The Bertz CT molecular complexity index is 923. The number of nitrogens with one attached hydrogen (secondary N) is 1. The molecule has 6 nitrogen and oxygen atoms in total. The molecule has 162 valence electrons. The van der Waals surface area contributed by atoms with Crippen molar-refractivity contribution in [1.29, 1.82) is 0 Å². The first-order valence-electron chi connectivity index (χ1n) is 10.0. The van der Waals surface area contributed by atoms with Crippen molar-refractivity contribution in [2.24, 2.45) is 0 Å². The second kappa shape index (κ2) is 10.7. The lowest BCUT2D eigenvalue weighted by molar-refractivity contribution is -0.121. The molecule has 0 spiro atoms. The summed E-state index contributed by atoms with van der Waals surface area (Å²) in [6.07, 6.45) is 2.14. The topological polar surface area (TPSA) is 75.7 Å². The van der Waals surface area contributed by atoms with Gasteiger partial charge in [0.05, 0.1) is 11.5 Å². The lowest BCUT2D eigenvalue weighted by Gasteiger charge is -2.28. The number of nitrogens with zero attached hydrogens (tertiary/aromatic N) is 1. The van der Waals surface area contributed by atoms with Crippen LogP contribution in [0.2, 0.25) is 0 Å². The van der Waals surface area contributed by atoms with Crippen molar-refractivity contribution in [1.82, 2.24) is 5.32 Å². The third kappa shape index (κ3) is 6.95. The van der Waals surface area contributed by atoms with Gasteiger partial charge in [-0.25, -0.2) is 8.42 Å². The van der Waals surface area contributed by atoms with E-state index in [-0.39, 0.29) is 10.8 Å². The Labute approximate surface area is 182 Å². The fourth-order valence-electron chi connectivity index (χ4n) is 3.14. The second-order valence-electron chi connectivity index (χ2n) is 7.24. The second-order valence-corrected chi connectivity index (χ2v) is 10.5. The van der Waals surface area contributed by atoms with E-state index in [1.807, 2.05) is 11.8 Å². The Hall–Kier alpha value is -2.19. The van der Waals surface area contributed by atoms with Crippen LogP contribution < -0.4 is 15.0 Å². The van der Waals surface area contributed by atoms with E-state index in [9.17, 15) is 13.2 Å². The van der Waals surface area contributed by atoms with E-state index in [1.165, 1.54) is 35.6 Å². The molecule has 2 aromatic rings. The first kappa shape index (κ1) is 22.5. The fraction of sp³-hybridized carbons (Fsp3) is 0.409. The van der Waals surface area contributed by atoms with Gasteiger partial charge in [-0.15, -0.1) is 0 Å². The molecule has 2 aromatic carbocycles. The van der Waals surface area contributed by atoms with Crippen LogP contribution in [0.1, 0.15) is 18.4 Å². The first-order chi connectivity index (χ1) is 14.4. The highest BCUT2D eigenvalue weighted by Gasteiger charge is 2.11. The van der Waals surface area contributed by atoms with Crippen molar-refractivity contribution in [3.05, 3.63) is 54.1 Å². The van der Waals surface area contributed by atoms with Crippen molar-refractivity contribution in [3.8, 4) is 5.75 Å². The van der Waals surface area contributed by atoms with E-state index in [4.69, 9.17) is 4.74 Å². The molecule has 1 fully saturated rings. The van der Waals surface area contributed by atoms with Crippen LogP contribution in [0.3, 0.4) is 0 Å². The average molecular weight is 449 g/mol. The molecule has 0 atom stereocenters. The van der Waals surface area contributed by atoms with Crippen molar-refractivity contribution in [2.45, 2.75) is 24.3 Å². The first-order valence-corrected chi connectivity index (χ1v) is 13.1. The molecule has 30 heavy (non-hydrogen) atoms. The largest absolute Gasteiger partial charge is 0.494 e. The van der Waals surface area contributed by atoms with E-state index < -0.39 is 9.84 Å². The van der Waals surface area contributed by atoms with Crippen LogP contribution in [0.5, 0.6) is 5.75 Å². The molecule has 0 saturated carbocycles. The van der Waals surface area contributed by atoms with Crippen LogP contribution >= 0.6 is 11.8 Å². The summed E-state index contributed by atoms with van der Waals surface area (Å²) in [6, 6.07) is 14.7. The molecule has 0 aromatic heterocycles. The van der Waals surface area contributed by atoms with Crippen molar-refractivity contribution >= 4 is 33.2 Å². The van der Waals surface area contributed by atoms with Gasteiger partial charge in [0.2, 0.25) is 5.91 Å². The van der Waals surface area contributed by atoms with E-state index in [1.54, 1.807) is 12.1 Å². The number of rotatable bonds is 9. The maximum atomic E-state index is 12.1. The Morgan fingerprint density at radius 1 is 1.07 bits per heavy atom. The maximum Gasteiger partial charge on any atom is 0.220 e. The van der Waals surface area contributed by atoms with E-state index >= 15 is 0 Å². The molecule has 0 radical (unpaired) electrons. The molecule has 1 heterocycles. The van der Waals surface area contributed by atoms with Crippen LogP contribution in [-0.4, -0.2) is 51.8 Å². The maximum absolute atomic E-state index is 12.1. The highest BCUT2D eigenvalue weighted by Crippen LogP contribution is 2.20. The Morgan fingerprint density at radius 3 is 2.37 bits per heavy atom. The minimum atomic E-state index is -3.21. The van der Waals surface area contributed by atoms with Gasteiger partial charge < -0.3 is 15.0 Å². The summed E-state index contributed by atoms with van der Waals surface area (Å²) in [5.74, 6) is 2.93. The summed E-state index contributed by atoms with van der Waals surface area (Å²) in [5.41, 5.74) is 2.33. The molecule has 1 aliphatic heterocycles. The average Bonchev–Trinajstić information content (AvgIpc) is 2.76. The standard InChI is InChI=1S/C22H28N2O4S2/c1-30(26,27)21-10-8-20(9-11-21)28-14-2-3-22(25)23-17-18-4-6-19(7-5-18)24-12-15-29-16-13-24/h4-11H,2-3,12-17H2,1H3,(H,23,25). The monoisotopic (exact) mass is 448 g/mol. The summed E-state index contributed by atoms with van der Waals surface area (Å²) in [7, 11) is -3.21. The third-order valence-corrected chi connectivity index (χ3v) is 6.94. The number of hydrogen-bond donors (Lipinski definition) is 1. The van der Waals surface area contributed by atoms with Crippen LogP contribution in [0, 0.1) is 0 Å². The summed E-state index contributed by atoms with van der Waals surface area (Å²) in [6.45, 7) is 3.09. The molecule has 8 heteroatoms. The normalized spacial score (nSPS) is 14.4. The zero-order valence-corrected chi connectivity index (χ0v) is 18.8. The lowest BCUT2D eigenvalue weighted by Crippen LogP contribution is -2.32. The summed E-state index contributed by atoms with van der Waals surface area (Å²) in [5, 5.41) is 2.94. The van der Waals surface area contributed by atoms with Gasteiger partial charge in [-0.2, -0.15) is 11.8 Å². The van der Waals surface area contributed by atoms with Gasteiger partial charge in [-0.3, -0.25) is 4.79 Å². The van der Waals surface area contributed by atoms with Crippen LogP contribution in [0.15, 0.2) is 53.4 Å². The minimum absolute atomic E-state index is 0.0110. The Morgan fingerprint density at radius 2 is 1.73 bits per heavy atom. The van der Waals surface area contributed by atoms with Gasteiger partial charge in [0.15, 0.2) is 9.84 Å². The van der Waals surface area contributed by atoms with Gasteiger partial charge in [-0.05, 0) is 48.4 Å². The number of anilines is 1. The third-order valence-electron chi connectivity index (χ3n) is 4.87. The highest BCUT2D eigenvalue weighted by atomic mass is 32.2. The molecule has 1 N–H and O–H groups in total. The molecular weight excluding hydrogens is 420 g/mol. The molecule has 0 aliphatic carbocycles. The molecule has 1 saturated heterocycles. The van der Waals surface area contributed by atoms with Crippen LogP contribution in [0.4, 0.5) is 5.69 Å². The SMILES string of the molecule is CS(=O)(=O)c1ccc(OCCCC(=O)NCc2ccc(N3CCSCC3)cc2)cc1. The van der Waals surface area contributed by atoms with Gasteiger partial charge in [0.25, 0.3) is 0 Å². The minimum Gasteiger partial charge on any atom is -0.494 e. The van der Waals surface area contributed by atoms with Gasteiger partial charge in [0, 0.05) is 49.5 Å². The van der Waals surface area contributed by atoms with E-state index in [2.05, 4.69) is 34.5 Å². The molecule has 0 unspecified atom stereocenters. The quantitative estimate of drug-likeness (QED) is 0.594. The predicted octanol–water partition coefficient (Wildman–Crippen LogP) is 3.12. The smallest absolute Gasteiger partial charge is 0.220 e. The number of benzene rings is 2. The summed E-state index contributed by atoms with van der Waals surface area (Å²) in [4.78, 5) is 14.7. The molecular formula is C22H28N2O4S2. The number of ether oxygens (including phenoxy) is 1. The Balaban J connectivity index is 1.34. The van der Waals surface area contributed by atoms with E-state index in [0.717, 1.165) is 18.7 Å². The van der Waals surface area contributed by atoms with Crippen LogP contribution in [0.25, 0.3) is 0 Å². The van der Waals surface area contributed by atoms with Crippen molar-refractivity contribution in [3.63, 3.8) is 0 Å². The Kier molecular flexibility index (Phi) is 8.04. The number of hydrogen-bond acceptors (Lipinski definition) is 6. The number of sulfone groups is 1. The number of carbonyl (C=O) groups excluding carboxylic acids is 1. The number of thioether (sulfide) groups is 1. The zero-order chi connectivity index (χ0) is 21.4. The van der Waals surface area contributed by atoms with Gasteiger partial charge in [-0.1, -0.05) is 12.1 Å². The van der Waals surface area contributed by atoms with Crippen molar-refractivity contribution in [2.75, 3.05) is 42.4 Å². The van der Waals surface area contributed by atoms with Crippen LogP contribution in [-0.2, 0) is 21.2 Å². The molecule has 1 amide bonds. The number of amides is 1. The molecule has 0 bridgehead atoms. The highest BCUT2D eigenvalue weighted by molar-refractivity contribution is 7.99. The zero-order valence-electron chi connectivity index (χ0n) is 17.2. The summed E-state index contributed by atoms with van der Waals surface area (Å²) >= 11 is 2.00. The lowest BCUT2D eigenvalue weighted by atomic mass is 10.2. The van der Waals surface area contributed by atoms with Crippen molar-refractivity contribution < 1.29 is 17.9 Å². The van der Waals surface area contributed by atoms with E-state index in [0.29, 0.717) is 31.7 Å². The van der Waals surface area contributed by atoms with Gasteiger partial charge >= 0.3 is 0 Å². The summed E-state index contributed by atoms with van der Waals surface area (Å²) < 4.78 is 28.5. The number of carbonyl (C=O) groups is 1. The molecule has 1 aliphatic rings.